The molecular weight excluding hydrogens is 418 g/mol. The molecule has 4 aromatic heterocycles. The fourth-order valence-electron chi connectivity index (χ4n) is 2.76. The lowest BCUT2D eigenvalue weighted by atomic mass is 10.1. The van der Waals surface area contributed by atoms with Gasteiger partial charge in [-0.25, -0.2) is 4.98 Å². The van der Waals surface area contributed by atoms with Gasteiger partial charge in [-0.2, -0.15) is 0 Å². The number of carbonyl (C=O) groups excluding carboxylic acids is 1. The molecule has 0 N–H and O–H groups in total. The van der Waals surface area contributed by atoms with E-state index in [0.29, 0.717) is 40.4 Å². The lowest BCUT2D eigenvalue weighted by Gasteiger charge is -2.17. The Kier molecular flexibility index (Phi) is 4.37. The number of halogens is 1. The highest BCUT2D eigenvalue weighted by molar-refractivity contribution is 9.11. The number of thiophene rings is 1. The first kappa shape index (κ1) is 17.0. The van der Waals surface area contributed by atoms with E-state index in [4.69, 9.17) is 8.94 Å². The van der Waals surface area contributed by atoms with Gasteiger partial charge >= 0.3 is 0 Å². The largest absolute Gasteiger partial charge is 0.463 e. The Morgan fingerprint density at radius 1 is 1.35 bits per heavy atom. The maximum Gasteiger partial charge on any atom is 0.259 e. The number of hydrogen-bond donors (Lipinski definition) is 0. The van der Waals surface area contributed by atoms with E-state index in [9.17, 15) is 4.79 Å². The molecule has 0 aliphatic heterocycles. The Balaban J connectivity index is 1.76. The second-order valence-corrected chi connectivity index (χ2v) is 8.40. The summed E-state index contributed by atoms with van der Waals surface area (Å²) in [6, 6.07) is 9.27. The number of aryl methyl sites for hydroxylation is 1. The third-order valence-electron chi connectivity index (χ3n) is 3.99. The van der Waals surface area contributed by atoms with Crippen molar-refractivity contribution in [3.8, 4) is 11.5 Å². The molecule has 0 spiro atoms. The van der Waals surface area contributed by atoms with Crippen LogP contribution in [0.25, 0.3) is 22.6 Å². The number of furan rings is 1. The Morgan fingerprint density at radius 3 is 2.88 bits per heavy atom. The molecule has 6 nitrogen and oxygen atoms in total. The highest BCUT2D eigenvalue weighted by Gasteiger charge is 2.22. The smallest absolute Gasteiger partial charge is 0.259 e. The summed E-state index contributed by atoms with van der Waals surface area (Å²) in [5, 5.41) is 4.59. The third-order valence-corrected chi connectivity index (χ3v) is 5.60. The van der Waals surface area contributed by atoms with Crippen LogP contribution in [0.2, 0.25) is 0 Å². The molecule has 4 rings (SSSR count). The molecule has 0 radical (unpaired) electrons. The Bertz CT molecular complexity index is 1080. The molecule has 1 amide bonds. The average molecular weight is 432 g/mol. The van der Waals surface area contributed by atoms with E-state index in [1.54, 1.807) is 54.7 Å². The summed E-state index contributed by atoms with van der Waals surface area (Å²) in [6.07, 6.45) is 1.56. The van der Waals surface area contributed by atoms with Gasteiger partial charge in [-0.15, -0.1) is 11.3 Å². The van der Waals surface area contributed by atoms with Crippen LogP contribution in [0.4, 0.5) is 0 Å². The maximum atomic E-state index is 13.1. The maximum absolute atomic E-state index is 13.1. The summed E-state index contributed by atoms with van der Waals surface area (Å²) in [7, 11) is 1.78. The van der Waals surface area contributed by atoms with Crippen LogP contribution in [-0.2, 0) is 6.54 Å². The van der Waals surface area contributed by atoms with Crippen LogP contribution in [0.1, 0.15) is 20.9 Å². The average Bonchev–Trinajstić information content (AvgIpc) is 3.36. The minimum Gasteiger partial charge on any atom is -0.463 e. The van der Waals surface area contributed by atoms with Crippen molar-refractivity contribution in [1.29, 1.82) is 0 Å². The van der Waals surface area contributed by atoms with Crippen LogP contribution in [-0.4, -0.2) is 28.0 Å². The van der Waals surface area contributed by atoms with Crippen molar-refractivity contribution in [3.63, 3.8) is 0 Å². The molecule has 0 unspecified atom stereocenters. The van der Waals surface area contributed by atoms with Gasteiger partial charge in [-0.1, -0.05) is 5.16 Å². The predicted molar refractivity (Wildman–Crippen MR) is 102 cm³/mol. The minimum atomic E-state index is -0.124. The van der Waals surface area contributed by atoms with Crippen LogP contribution in [0.3, 0.4) is 0 Å². The van der Waals surface area contributed by atoms with Gasteiger partial charge in [-0.05, 0) is 53.2 Å². The number of carbonyl (C=O) groups is 1. The number of fused-ring (bicyclic) bond motifs is 1. The van der Waals surface area contributed by atoms with Crippen LogP contribution >= 0.6 is 27.3 Å². The first-order chi connectivity index (χ1) is 12.5. The van der Waals surface area contributed by atoms with Crippen molar-refractivity contribution in [2.45, 2.75) is 13.5 Å². The lowest BCUT2D eigenvalue weighted by molar-refractivity contribution is 0.0788. The van der Waals surface area contributed by atoms with Crippen LogP contribution in [0, 0.1) is 6.92 Å². The molecule has 8 heteroatoms. The van der Waals surface area contributed by atoms with Gasteiger partial charge in [0.15, 0.2) is 5.76 Å². The predicted octanol–water partition coefficient (Wildman–Crippen LogP) is 4.89. The summed E-state index contributed by atoms with van der Waals surface area (Å²) in [4.78, 5) is 20.3. The molecule has 0 atom stereocenters. The van der Waals surface area contributed by atoms with Gasteiger partial charge in [0.2, 0.25) is 0 Å². The summed E-state index contributed by atoms with van der Waals surface area (Å²) >= 11 is 5.05. The SMILES string of the molecule is Cc1noc2nc(-c3ccco3)cc(C(=O)N(C)Cc3ccc(Br)s3)c12. The molecule has 0 fully saturated rings. The zero-order valence-electron chi connectivity index (χ0n) is 14.0. The van der Waals surface area contributed by atoms with Crippen molar-refractivity contribution in [1.82, 2.24) is 15.0 Å². The zero-order chi connectivity index (χ0) is 18.3. The summed E-state index contributed by atoms with van der Waals surface area (Å²) in [5.74, 6) is 0.445. The number of amides is 1. The molecule has 4 heterocycles. The van der Waals surface area contributed by atoms with Crippen molar-refractivity contribution < 1.29 is 13.7 Å². The molecule has 0 aliphatic rings. The molecule has 26 heavy (non-hydrogen) atoms. The molecule has 0 aliphatic carbocycles. The number of aromatic nitrogens is 2. The quantitative estimate of drug-likeness (QED) is 0.459. The standard InChI is InChI=1S/C18H14BrN3O3S/c1-10-16-12(18(23)22(2)9-11-5-6-15(19)26-11)8-13(14-4-3-7-24-14)20-17(16)25-21-10/h3-8H,9H2,1-2H3. The van der Waals surface area contributed by atoms with E-state index >= 15 is 0 Å². The molecule has 4 aromatic rings. The normalized spacial score (nSPS) is 11.2. The van der Waals surface area contributed by atoms with Crippen molar-refractivity contribution in [2.75, 3.05) is 7.05 Å². The van der Waals surface area contributed by atoms with Gasteiger partial charge in [0.1, 0.15) is 5.69 Å². The summed E-state index contributed by atoms with van der Waals surface area (Å²) in [5.41, 5.74) is 1.99. The Labute approximate surface area is 161 Å². The van der Waals surface area contributed by atoms with Crippen LogP contribution in [0.15, 0.2) is 49.3 Å². The fraction of sp³-hybridized carbons (Fsp3) is 0.167. The zero-order valence-corrected chi connectivity index (χ0v) is 16.4. The lowest BCUT2D eigenvalue weighted by Crippen LogP contribution is -2.26. The topological polar surface area (TPSA) is 72.4 Å². The number of pyridine rings is 1. The summed E-state index contributed by atoms with van der Waals surface area (Å²) < 4.78 is 11.8. The van der Waals surface area contributed by atoms with Gasteiger partial charge in [-0.3, -0.25) is 4.79 Å². The minimum absolute atomic E-state index is 0.124. The summed E-state index contributed by atoms with van der Waals surface area (Å²) in [6.45, 7) is 2.31. The van der Waals surface area contributed by atoms with Gasteiger partial charge in [0.05, 0.1) is 33.2 Å². The Hall–Kier alpha value is -2.45. The van der Waals surface area contributed by atoms with Gasteiger partial charge < -0.3 is 13.8 Å². The van der Waals surface area contributed by atoms with E-state index in [1.807, 2.05) is 12.1 Å². The van der Waals surface area contributed by atoms with Crippen LogP contribution < -0.4 is 0 Å². The second kappa shape index (κ2) is 6.69. The van der Waals surface area contributed by atoms with Crippen LogP contribution in [0.5, 0.6) is 0 Å². The highest BCUT2D eigenvalue weighted by atomic mass is 79.9. The Morgan fingerprint density at radius 2 is 2.19 bits per heavy atom. The van der Waals surface area contributed by atoms with E-state index in [1.165, 1.54) is 0 Å². The van der Waals surface area contributed by atoms with E-state index in [-0.39, 0.29) is 5.91 Å². The van der Waals surface area contributed by atoms with Crippen molar-refractivity contribution in [2.24, 2.45) is 0 Å². The molecule has 0 saturated carbocycles. The number of rotatable bonds is 4. The molecule has 0 aromatic carbocycles. The molecule has 132 valence electrons. The highest BCUT2D eigenvalue weighted by Crippen LogP contribution is 2.29. The van der Waals surface area contributed by atoms with E-state index in [2.05, 4.69) is 26.1 Å². The fourth-order valence-corrected chi connectivity index (χ4v) is 4.30. The van der Waals surface area contributed by atoms with E-state index in [0.717, 1.165) is 8.66 Å². The molecular formula is C18H14BrN3O3S. The number of hydrogen-bond acceptors (Lipinski definition) is 6. The molecule has 0 saturated heterocycles. The first-order valence-electron chi connectivity index (χ1n) is 7.83. The van der Waals surface area contributed by atoms with Gasteiger partial charge in [0.25, 0.3) is 11.6 Å². The van der Waals surface area contributed by atoms with E-state index < -0.39 is 0 Å². The third kappa shape index (κ3) is 3.06. The monoisotopic (exact) mass is 431 g/mol. The van der Waals surface area contributed by atoms with Crippen molar-refractivity contribution in [3.05, 3.63) is 56.5 Å². The van der Waals surface area contributed by atoms with Crippen molar-refractivity contribution >= 4 is 44.3 Å². The number of nitrogens with zero attached hydrogens (tertiary/aromatic N) is 3. The first-order valence-corrected chi connectivity index (χ1v) is 9.44. The molecule has 0 bridgehead atoms. The van der Waals surface area contributed by atoms with Gasteiger partial charge in [0, 0.05) is 11.9 Å². The second-order valence-electron chi connectivity index (χ2n) is 5.85.